The second kappa shape index (κ2) is 6.55. The fourth-order valence-corrected chi connectivity index (χ4v) is 5.18. The molecule has 0 amide bonds. The van der Waals surface area contributed by atoms with E-state index in [1.165, 1.54) is 99.6 Å². The van der Waals surface area contributed by atoms with Gasteiger partial charge in [-0.05, 0) is 38.5 Å². The summed E-state index contributed by atoms with van der Waals surface area (Å²) in [6, 6.07) is 0. The molecule has 0 aliphatic carbocycles. The molecule has 3 nitrogen and oxygen atoms in total. The van der Waals surface area contributed by atoms with Crippen molar-refractivity contribution in [2.45, 2.75) is 57.5 Å². The van der Waals surface area contributed by atoms with Crippen LogP contribution < -0.4 is 0 Å². The molecule has 2 bridgehead atoms. The van der Waals surface area contributed by atoms with E-state index in [0.717, 1.165) is 6.54 Å². The van der Waals surface area contributed by atoms with Gasteiger partial charge in [-0.2, -0.15) is 0 Å². The number of fused-ring (bicyclic) bond motifs is 3. The first-order valence-corrected chi connectivity index (χ1v) is 9.48. The summed E-state index contributed by atoms with van der Waals surface area (Å²) >= 11 is 0. The number of quaternary nitrogens is 2. The maximum Gasteiger partial charge on any atom is 0.106 e. The molecular formula is C18H36N2O+2. The lowest BCUT2D eigenvalue weighted by Gasteiger charge is -2.51. The van der Waals surface area contributed by atoms with Crippen LogP contribution in [0.4, 0.5) is 0 Å². The molecule has 0 aromatic heterocycles. The Morgan fingerprint density at radius 1 is 0.857 bits per heavy atom. The molecule has 4 aliphatic rings. The molecule has 4 heterocycles. The largest absolute Gasteiger partial charge is 0.387 e. The van der Waals surface area contributed by atoms with Crippen LogP contribution in [0.2, 0.25) is 0 Å². The maximum absolute atomic E-state index is 10.2. The molecule has 4 fully saturated rings. The van der Waals surface area contributed by atoms with E-state index < -0.39 is 0 Å². The highest BCUT2D eigenvalue weighted by atomic mass is 16.3. The van der Waals surface area contributed by atoms with E-state index in [-0.39, 0.29) is 6.10 Å². The molecular weight excluding hydrogens is 260 g/mol. The fraction of sp³-hybridized carbons (Fsp3) is 1.00. The van der Waals surface area contributed by atoms with E-state index >= 15 is 0 Å². The molecule has 3 heteroatoms. The van der Waals surface area contributed by atoms with Gasteiger partial charge in [-0.3, -0.25) is 0 Å². The molecule has 0 spiro atoms. The van der Waals surface area contributed by atoms with Crippen molar-refractivity contribution in [3.63, 3.8) is 0 Å². The van der Waals surface area contributed by atoms with Crippen molar-refractivity contribution in [1.82, 2.24) is 0 Å². The molecule has 21 heavy (non-hydrogen) atoms. The summed E-state index contributed by atoms with van der Waals surface area (Å²) in [5.74, 6) is 0.633. The Bertz CT molecular complexity index is 330. The second-order valence-corrected chi connectivity index (χ2v) is 8.51. The third-order valence-corrected chi connectivity index (χ3v) is 6.79. The quantitative estimate of drug-likeness (QED) is 0.589. The van der Waals surface area contributed by atoms with Gasteiger partial charge >= 0.3 is 0 Å². The number of unbranched alkanes of at least 4 members (excludes halogenated alkanes) is 2. The van der Waals surface area contributed by atoms with Gasteiger partial charge in [0.2, 0.25) is 0 Å². The van der Waals surface area contributed by atoms with Gasteiger partial charge in [0.15, 0.2) is 0 Å². The summed E-state index contributed by atoms with van der Waals surface area (Å²) in [7, 11) is 2.46. The van der Waals surface area contributed by atoms with Crippen molar-refractivity contribution in [2.75, 3.05) is 52.9 Å². The summed E-state index contributed by atoms with van der Waals surface area (Å²) in [4.78, 5) is 0. The number of hydrogen-bond acceptors (Lipinski definition) is 1. The van der Waals surface area contributed by atoms with Gasteiger partial charge in [0.05, 0.1) is 46.3 Å². The van der Waals surface area contributed by atoms with E-state index in [9.17, 15) is 5.11 Å². The third-order valence-electron chi connectivity index (χ3n) is 6.79. The lowest BCUT2D eigenvalue weighted by atomic mass is 9.83. The molecule has 4 saturated heterocycles. The van der Waals surface area contributed by atoms with Gasteiger partial charge in [0, 0.05) is 18.8 Å². The Labute approximate surface area is 131 Å². The average Bonchev–Trinajstić information content (AvgIpc) is 2.48. The molecule has 0 radical (unpaired) electrons. The number of rotatable bonds is 6. The molecule has 122 valence electrons. The lowest BCUT2D eigenvalue weighted by molar-refractivity contribution is -0.946. The predicted octanol–water partition coefficient (Wildman–Crippen LogP) is 2.39. The molecule has 4 aliphatic heterocycles. The highest BCUT2D eigenvalue weighted by Crippen LogP contribution is 2.34. The number of aliphatic hydroxyl groups excluding tert-OH is 1. The molecule has 0 saturated carbocycles. The van der Waals surface area contributed by atoms with Crippen LogP contribution in [-0.2, 0) is 0 Å². The summed E-state index contributed by atoms with van der Waals surface area (Å²) in [5, 5.41) is 10.2. The molecule has 1 unspecified atom stereocenters. The Morgan fingerprint density at radius 2 is 1.52 bits per heavy atom. The normalized spacial score (nSPS) is 38.6. The first kappa shape index (κ1) is 15.8. The molecule has 1 atom stereocenters. The van der Waals surface area contributed by atoms with E-state index in [4.69, 9.17) is 0 Å². The summed E-state index contributed by atoms with van der Waals surface area (Å²) in [6.45, 7) is 9.28. The van der Waals surface area contributed by atoms with E-state index in [1.807, 2.05) is 0 Å². The standard InChI is InChI=1S/C18H36N2O/c1-19(10-4-2-5-11-19)12-6-3-7-13-20-14-8-17(9-15-20)18(21)16-20/h17-18,21H,2-16H2,1H3/q+2. The molecule has 0 aromatic carbocycles. The van der Waals surface area contributed by atoms with E-state index in [1.54, 1.807) is 0 Å². The van der Waals surface area contributed by atoms with Gasteiger partial charge in [0.25, 0.3) is 0 Å². The van der Waals surface area contributed by atoms with Gasteiger partial charge in [0.1, 0.15) is 12.6 Å². The van der Waals surface area contributed by atoms with Crippen molar-refractivity contribution < 1.29 is 14.1 Å². The number of nitrogens with zero attached hydrogens (tertiary/aromatic N) is 2. The van der Waals surface area contributed by atoms with Crippen LogP contribution in [-0.4, -0.2) is 73.0 Å². The van der Waals surface area contributed by atoms with Crippen LogP contribution in [0.1, 0.15) is 51.4 Å². The Kier molecular flexibility index (Phi) is 4.92. The van der Waals surface area contributed by atoms with Crippen LogP contribution in [0.3, 0.4) is 0 Å². The Balaban J connectivity index is 1.34. The van der Waals surface area contributed by atoms with Gasteiger partial charge in [-0.1, -0.05) is 0 Å². The van der Waals surface area contributed by atoms with Crippen molar-refractivity contribution in [3.8, 4) is 0 Å². The first-order chi connectivity index (χ1) is 10.1. The second-order valence-electron chi connectivity index (χ2n) is 8.51. The van der Waals surface area contributed by atoms with Crippen molar-refractivity contribution in [1.29, 1.82) is 0 Å². The highest BCUT2D eigenvalue weighted by Gasteiger charge is 2.44. The zero-order valence-corrected chi connectivity index (χ0v) is 14.1. The number of piperidine rings is 4. The van der Waals surface area contributed by atoms with Crippen molar-refractivity contribution in [2.24, 2.45) is 5.92 Å². The monoisotopic (exact) mass is 296 g/mol. The summed E-state index contributed by atoms with van der Waals surface area (Å²) in [5.41, 5.74) is 0. The van der Waals surface area contributed by atoms with E-state index in [0.29, 0.717) is 5.92 Å². The van der Waals surface area contributed by atoms with Gasteiger partial charge in [-0.25, -0.2) is 0 Å². The smallest absolute Gasteiger partial charge is 0.106 e. The minimum atomic E-state index is 0.00492. The van der Waals surface area contributed by atoms with Crippen LogP contribution in [0, 0.1) is 5.92 Å². The van der Waals surface area contributed by atoms with Gasteiger partial charge < -0.3 is 14.1 Å². The zero-order chi connectivity index (χ0) is 14.8. The minimum absolute atomic E-state index is 0.00492. The van der Waals surface area contributed by atoms with Crippen LogP contribution >= 0.6 is 0 Å². The first-order valence-electron chi connectivity index (χ1n) is 9.48. The number of aliphatic hydroxyl groups is 1. The summed E-state index contributed by atoms with van der Waals surface area (Å²) < 4.78 is 2.57. The van der Waals surface area contributed by atoms with Crippen LogP contribution in [0.5, 0.6) is 0 Å². The van der Waals surface area contributed by atoms with Crippen molar-refractivity contribution in [3.05, 3.63) is 0 Å². The maximum atomic E-state index is 10.2. The fourth-order valence-electron chi connectivity index (χ4n) is 5.18. The SMILES string of the molecule is C[N+]1(CCCCC[N+]23CCC(CC2)C(O)C3)CCCCC1. The topological polar surface area (TPSA) is 20.2 Å². The average molecular weight is 296 g/mol. The molecule has 4 rings (SSSR count). The number of hydrogen-bond donors (Lipinski definition) is 1. The van der Waals surface area contributed by atoms with Crippen LogP contribution in [0.25, 0.3) is 0 Å². The van der Waals surface area contributed by atoms with Crippen molar-refractivity contribution >= 4 is 0 Å². The lowest BCUT2D eigenvalue weighted by Crippen LogP contribution is -2.63. The molecule has 1 N–H and O–H groups in total. The van der Waals surface area contributed by atoms with Crippen LogP contribution in [0.15, 0.2) is 0 Å². The number of likely N-dealkylation sites (tertiary alicyclic amines) is 1. The highest BCUT2D eigenvalue weighted by molar-refractivity contribution is 4.79. The predicted molar refractivity (Wildman–Crippen MR) is 86.9 cm³/mol. The Morgan fingerprint density at radius 3 is 2.19 bits per heavy atom. The minimum Gasteiger partial charge on any atom is -0.387 e. The Hall–Kier alpha value is -0.120. The van der Waals surface area contributed by atoms with Gasteiger partial charge in [-0.15, -0.1) is 0 Å². The molecule has 0 aromatic rings. The van der Waals surface area contributed by atoms with E-state index in [2.05, 4.69) is 7.05 Å². The summed E-state index contributed by atoms with van der Waals surface area (Å²) in [6.07, 6.45) is 11.1. The zero-order valence-electron chi connectivity index (χ0n) is 14.1. The third kappa shape index (κ3) is 3.80.